The molecule has 16 heavy (non-hydrogen) atoms. The van der Waals surface area contributed by atoms with Gasteiger partial charge < -0.3 is 9.57 Å². The molecule has 2 aliphatic rings. The topological polar surface area (TPSA) is 30.5 Å². The molecule has 0 unspecified atom stereocenters. The molecule has 82 valence electrons. The number of hydrogen-bond acceptors (Lipinski definition) is 3. The summed E-state index contributed by atoms with van der Waals surface area (Å²) in [6.07, 6.45) is 11.2. The molecule has 1 aromatic carbocycles. The summed E-state index contributed by atoms with van der Waals surface area (Å²) in [5.41, 5.74) is 3.77. The van der Waals surface area contributed by atoms with Gasteiger partial charge >= 0.3 is 0 Å². The van der Waals surface area contributed by atoms with E-state index in [0.29, 0.717) is 0 Å². The van der Waals surface area contributed by atoms with Crippen molar-refractivity contribution in [3.8, 4) is 5.75 Å². The summed E-state index contributed by atoms with van der Waals surface area (Å²) in [5.74, 6) is 0.880. The van der Waals surface area contributed by atoms with Crippen LogP contribution >= 0.6 is 0 Å². The summed E-state index contributed by atoms with van der Waals surface area (Å²) in [6, 6.07) is 7.86. The number of nitrogens with one attached hydrogen (secondary N) is 1. The summed E-state index contributed by atoms with van der Waals surface area (Å²) in [6.45, 7) is 0.733. The third-order valence-corrected chi connectivity index (χ3v) is 2.03. The van der Waals surface area contributed by atoms with Crippen LogP contribution in [-0.4, -0.2) is 6.61 Å². The van der Waals surface area contributed by atoms with Gasteiger partial charge in [0.2, 0.25) is 0 Å². The third-order valence-electron chi connectivity index (χ3n) is 2.03. The van der Waals surface area contributed by atoms with E-state index in [-0.39, 0.29) is 0 Å². The van der Waals surface area contributed by atoms with Gasteiger partial charge in [-0.15, -0.1) is 0 Å². The van der Waals surface area contributed by atoms with Crippen molar-refractivity contribution in [1.82, 2.24) is 5.48 Å². The zero-order valence-corrected chi connectivity index (χ0v) is 8.80. The van der Waals surface area contributed by atoms with Crippen LogP contribution in [0, 0.1) is 0 Å². The molecule has 0 saturated heterocycles. The highest BCUT2D eigenvalue weighted by Crippen LogP contribution is 2.20. The first kappa shape index (κ1) is 10.4. The first-order valence-electron chi connectivity index (χ1n) is 5.08. The van der Waals surface area contributed by atoms with Crippen molar-refractivity contribution in [3.63, 3.8) is 0 Å². The molecule has 1 aromatic rings. The summed E-state index contributed by atoms with van der Waals surface area (Å²) < 4.78 is 4.80. The van der Waals surface area contributed by atoms with Gasteiger partial charge in [-0.3, -0.25) is 0 Å². The monoisotopic (exact) mass is 215 g/mol. The molecule has 0 bridgehead atoms. The summed E-state index contributed by atoms with van der Waals surface area (Å²) in [5, 5.41) is 0. The largest absolute Gasteiger partial charge is 0.497 e. The molecule has 0 spiro atoms. The maximum absolute atomic E-state index is 5.09. The highest BCUT2D eigenvalue weighted by molar-refractivity contribution is 5.57. The molecule has 2 heterocycles. The van der Waals surface area contributed by atoms with Crippen molar-refractivity contribution in [2.24, 2.45) is 0 Å². The lowest BCUT2D eigenvalue weighted by Crippen LogP contribution is -2.13. The molecule has 0 atom stereocenters. The van der Waals surface area contributed by atoms with Crippen LogP contribution < -0.4 is 10.3 Å². The first-order chi connectivity index (χ1) is 7.97. The number of hydrogen-bond donors (Lipinski definition) is 1. The number of para-hydroxylation sites is 1. The van der Waals surface area contributed by atoms with Crippen LogP contribution in [0.5, 0.6) is 5.75 Å². The van der Waals surface area contributed by atoms with Crippen molar-refractivity contribution in [2.75, 3.05) is 6.61 Å². The van der Waals surface area contributed by atoms with Gasteiger partial charge in [0, 0.05) is 11.8 Å². The normalized spacial score (nSPS) is 14.8. The average Bonchev–Trinajstić information content (AvgIpc) is 2.42. The number of benzene rings is 1. The van der Waals surface area contributed by atoms with Crippen molar-refractivity contribution in [2.45, 2.75) is 0 Å². The maximum Gasteiger partial charge on any atom is 0.162 e. The molecule has 3 heteroatoms. The summed E-state index contributed by atoms with van der Waals surface area (Å²) in [4.78, 5) is 5.09. The molecule has 0 saturated carbocycles. The fraction of sp³-hybridized carbons (Fsp3) is 0.0769. The molecule has 0 aliphatic carbocycles. The van der Waals surface area contributed by atoms with E-state index in [2.05, 4.69) is 5.48 Å². The van der Waals surface area contributed by atoms with Gasteiger partial charge in [-0.2, -0.15) is 0 Å². The van der Waals surface area contributed by atoms with Crippen molar-refractivity contribution < 1.29 is 9.57 Å². The van der Waals surface area contributed by atoms with E-state index >= 15 is 0 Å². The first-order valence-corrected chi connectivity index (χ1v) is 5.08. The molecular weight excluding hydrogens is 202 g/mol. The van der Waals surface area contributed by atoms with E-state index in [1.165, 1.54) is 0 Å². The van der Waals surface area contributed by atoms with Gasteiger partial charge in [-0.25, -0.2) is 5.48 Å². The van der Waals surface area contributed by atoms with Crippen molar-refractivity contribution in [3.05, 3.63) is 60.5 Å². The second-order valence-electron chi connectivity index (χ2n) is 3.18. The van der Waals surface area contributed by atoms with Crippen LogP contribution in [0.25, 0.3) is 6.08 Å². The van der Waals surface area contributed by atoms with E-state index in [1.54, 1.807) is 12.5 Å². The van der Waals surface area contributed by atoms with Crippen LogP contribution in [0.15, 0.2) is 55.0 Å². The minimum Gasteiger partial charge on any atom is -0.497 e. The van der Waals surface area contributed by atoms with E-state index in [1.807, 2.05) is 48.6 Å². The van der Waals surface area contributed by atoms with Crippen LogP contribution in [0.4, 0.5) is 0 Å². The van der Waals surface area contributed by atoms with Crippen molar-refractivity contribution in [1.29, 1.82) is 0 Å². The molecule has 1 N–H and O–H groups in total. The lowest BCUT2D eigenvalue weighted by molar-refractivity contribution is 0.239. The van der Waals surface area contributed by atoms with Crippen LogP contribution in [0.1, 0.15) is 5.56 Å². The van der Waals surface area contributed by atoms with Crippen LogP contribution in [-0.2, 0) is 4.74 Å². The van der Waals surface area contributed by atoms with Gasteiger partial charge in [0.05, 0.1) is 6.26 Å². The van der Waals surface area contributed by atoms with Gasteiger partial charge in [-0.05, 0) is 24.3 Å². The molecule has 0 radical (unpaired) electrons. The Morgan fingerprint density at radius 1 is 1.12 bits per heavy atom. The second-order valence-corrected chi connectivity index (χ2v) is 3.18. The van der Waals surface area contributed by atoms with Gasteiger partial charge in [0.1, 0.15) is 6.61 Å². The Balaban J connectivity index is 0.000000138. The number of allylic oxidation sites excluding steroid dienone is 2. The van der Waals surface area contributed by atoms with Crippen LogP contribution in [0.2, 0.25) is 0 Å². The number of rotatable bonds is 0. The molecule has 3 rings (SSSR count). The smallest absolute Gasteiger partial charge is 0.162 e. The minimum atomic E-state index is 0.733. The lowest BCUT2D eigenvalue weighted by atomic mass is 10.2. The second kappa shape index (κ2) is 5.66. The molecule has 0 fully saturated rings. The standard InChI is InChI=1S/C8H7NO.C5H6O/c1-2-4-8-7(3-1)5-6-9-10-8;1-2-4-6-5-3-1/h1-6,9H;1-4H,5H2. The highest BCUT2D eigenvalue weighted by atomic mass is 16.6. The molecular formula is C13H13NO2. The Morgan fingerprint density at radius 3 is 2.69 bits per heavy atom. The lowest BCUT2D eigenvalue weighted by Gasteiger charge is -2.11. The number of hydroxylamine groups is 1. The maximum atomic E-state index is 5.09. The molecule has 3 nitrogen and oxygen atoms in total. The van der Waals surface area contributed by atoms with E-state index in [0.717, 1.165) is 17.9 Å². The third kappa shape index (κ3) is 2.92. The Labute approximate surface area is 94.6 Å². The van der Waals surface area contributed by atoms with Gasteiger partial charge in [0.25, 0.3) is 0 Å². The van der Waals surface area contributed by atoms with Crippen molar-refractivity contribution >= 4 is 6.08 Å². The number of ether oxygens (including phenoxy) is 1. The predicted octanol–water partition coefficient (Wildman–Crippen LogP) is 2.64. The van der Waals surface area contributed by atoms with E-state index in [9.17, 15) is 0 Å². The highest BCUT2D eigenvalue weighted by Gasteiger charge is 2.01. The fourth-order valence-corrected chi connectivity index (χ4v) is 1.28. The minimum absolute atomic E-state index is 0.733. The zero-order valence-electron chi connectivity index (χ0n) is 8.80. The average molecular weight is 215 g/mol. The summed E-state index contributed by atoms with van der Waals surface area (Å²) >= 11 is 0. The Hall–Kier alpha value is -2.16. The fourth-order valence-electron chi connectivity index (χ4n) is 1.28. The van der Waals surface area contributed by atoms with Gasteiger partial charge in [0.15, 0.2) is 5.75 Å². The SMILES string of the molecule is C1=CCOC=C1.C1=Cc2ccccc2ON1. The van der Waals surface area contributed by atoms with E-state index in [4.69, 9.17) is 9.57 Å². The molecule has 0 amide bonds. The Bertz CT molecular complexity index is 410. The number of fused-ring (bicyclic) bond motifs is 1. The summed E-state index contributed by atoms with van der Waals surface area (Å²) in [7, 11) is 0. The Morgan fingerprint density at radius 2 is 2.06 bits per heavy atom. The zero-order chi connectivity index (χ0) is 11.1. The quantitative estimate of drug-likeness (QED) is 0.721. The van der Waals surface area contributed by atoms with E-state index < -0.39 is 0 Å². The predicted molar refractivity (Wildman–Crippen MR) is 63.5 cm³/mol. The Kier molecular flexibility index (Phi) is 3.66. The molecule has 2 aliphatic heterocycles. The van der Waals surface area contributed by atoms with Crippen LogP contribution in [0.3, 0.4) is 0 Å². The van der Waals surface area contributed by atoms with Gasteiger partial charge in [-0.1, -0.05) is 24.3 Å². The molecule has 0 aromatic heterocycles.